The number of rotatable bonds is 2. The van der Waals surface area contributed by atoms with Gasteiger partial charge in [0.15, 0.2) is 0 Å². The van der Waals surface area contributed by atoms with Gasteiger partial charge in [0.25, 0.3) is 0 Å². The largest absolute Gasteiger partial charge is 0.453 e. The van der Waals surface area contributed by atoms with Gasteiger partial charge in [-0.3, -0.25) is 0 Å². The van der Waals surface area contributed by atoms with Crippen LogP contribution in [0.5, 0.6) is 0 Å². The maximum absolute atomic E-state index is 11.2. The second kappa shape index (κ2) is 4.82. The fraction of sp³-hybridized carbons (Fsp3) is 0.417. The third kappa shape index (κ3) is 2.98. The van der Waals surface area contributed by atoms with Crippen LogP contribution in [0.25, 0.3) is 0 Å². The Morgan fingerprint density at radius 2 is 2.00 bits per heavy atom. The molecule has 15 heavy (non-hydrogen) atoms. The number of hydrogen-bond acceptors (Lipinski definition) is 2. The molecule has 0 unspecified atom stereocenters. The maximum Gasteiger partial charge on any atom is 0.409 e. The number of carbonyl (C=O) groups is 1. The molecule has 0 radical (unpaired) electrons. The van der Waals surface area contributed by atoms with Crippen molar-refractivity contribution in [1.29, 1.82) is 0 Å². The molecule has 0 saturated heterocycles. The Kier molecular flexibility index (Phi) is 3.72. The third-order valence-electron chi connectivity index (χ3n) is 2.48. The van der Waals surface area contributed by atoms with Crippen LogP contribution in [0.4, 0.5) is 4.79 Å². The molecule has 1 aromatic carbocycles. The molecule has 0 aliphatic heterocycles. The molecule has 0 aliphatic carbocycles. The topological polar surface area (TPSA) is 29.5 Å². The molecule has 82 valence electrons. The molecule has 0 atom stereocenters. The fourth-order valence-electron chi connectivity index (χ4n) is 1.40. The Morgan fingerprint density at radius 1 is 1.33 bits per heavy atom. The molecule has 1 rings (SSSR count). The number of aryl methyl sites for hydroxylation is 2. The summed E-state index contributed by atoms with van der Waals surface area (Å²) in [5.41, 5.74) is 3.62. The van der Waals surface area contributed by atoms with Crippen molar-refractivity contribution in [3.8, 4) is 0 Å². The number of amides is 1. The quantitative estimate of drug-likeness (QED) is 0.745. The minimum atomic E-state index is -0.312. The van der Waals surface area contributed by atoms with E-state index in [-0.39, 0.29) is 6.09 Å². The van der Waals surface area contributed by atoms with Gasteiger partial charge in [0, 0.05) is 13.6 Å². The Hall–Kier alpha value is -1.51. The Bertz CT molecular complexity index is 361. The first-order chi connectivity index (χ1) is 7.04. The van der Waals surface area contributed by atoms with E-state index in [0.717, 1.165) is 5.56 Å². The predicted molar refractivity (Wildman–Crippen MR) is 59.8 cm³/mol. The van der Waals surface area contributed by atoms with Gasteiger partial charge < -0.3 is 9.64 Å². The molecule has 3 heteroatoms. The van der Waals surface area contributed by atoms with Crippen LogP contribution in [0.3, 0.4) is 0 Å². The Morgan fingerprint density at radius 3 is 2.53 bits per heavy atom. The standard InChI is InChI=1S/C12H17NO2/c1-9-5-6-11(7-10(9)2)8-13(3)12(14)15-4/h5-7H,8H2,1-4H3. The summed E-state index contributed by atoms with van der Waals surface area (Å²) in [7, 11) is 3.11. The van der Waals surface area contributed by atoms with E-state index in [9.17, 15) is 4.79 Å². The van der Waals surface area contributed by atoms with Gasteiger partial charge in [-0.25, -0.2) is 4.79 Å². The van der Waals surface area contributed by atoms with Crippen molar-refractivity contribution in [1.82, 2.24) is 4.90 Å². The van der Waals surface area contributed by atoms with Crippen LogP contribution in [0.1, 0.15) is 16.7 Å². The molecule has 0 aliphatic rings. The monoisotopic (exact) mass is 207 g/mol. The molecule has 0 spiro atoms. The molecule has 0 saturated carbocycles. The molecule has 1 aromatic rings. The van der Waals surface area contributed by atoms with Crippen LogP contribution in [0.15, 0.2) is 18.2 Å². The van der Waals surface area contributed by atoms with Crippen molar-refractivity contribution in [2.24, 2.45) is 0 Å². The highest BCUT2D eigenvalue weighted by molar-refractivity contribution is 5.67. The number of methoxy groups -OCH3 is 1. The highest BCUT2D eigenvalue weighted by Gasteiger charge is 2.08. The summed E-state index contributed by atoms with van der Waals surface area (Å²) in [5.74, 6) is 0. The van der Waals surface area contributed by atoms with Gasteiger partial charge >= 0.3 is 6.09 Å². The van der Waals surface area contributed by atoms with E-state index in [1.54, 1.807) is 11.9 Å². The second-order valence-electron chi connectivity index (χ2n) is 3.74. The fourth-order valence-corrected chi connectivity index (χ4v) is 1.40. The summed E-state index contributed by atoms with van der Waals surface area (Å²) in [6, 6.07) is 6.19. The molecule has 3 nitrogen and oxygen atoms in total. The Labute approximate surface area is 90.7 Å². The minimum Gasteiger partial charge on any atom is -0.453 e. The van der Waals surface area contributed by atoms with Crippen LogP contribution >= 0.6 is 0 Å². The first-order valence-corrected chi connectivity index (χ1v) is 4.90. The van der Waals surface area contributed by atoms with Crippen molar-refractivity contribution >= 4 is 6.09 Å². The zero-order valence-electron chi connectivity index (χ0n) is 9.70. The minimum absolute atomic E-state index is 0.312. The summed E-state index contributed by atoms with van der Waals surface area (Å²) >= 11 is 0. The molecule has 0 aromatic heterocycles. The molecular formula is C12H17NO2. The summed E-state index contributed by atoms with van der Waals surface area (Å²) in [6.45, 7) is 4.72. The maximum atomic E-state index is 11.2. The highest BCUT2D eigenvalue weighted by Crippen LogP contribution is 2.11. The van der Waals surface area contributed by atoms with Crippen molar-refractivity contribution < 1.29 is 9.53 Å². The van der Waals surface area contributed by atoms with Crippen molar-refractivity contribution in [3.63, 3.8) is 0 Å². The van der Waals surface area contributed by atoms with E-state index in [2.05, 4.69) is 30.7 Å². The summed E-state index contributed by atoms with van der Waals surface area (Å²) in [6.07, 6.45) is -0.312. The molecule has 1 amide bonds. The molecular weight excluding hydrogens is 190 g/mol. The molecule has 0 bridgehead atoms. The van der Waals surface area contributed by atoms with Gasteiger partial charge in [-0.05, 0) is 30.5 Å². The average Bonchev–Trinajstić information content (AvgIpc) is 2.22. The van der Waals surface area contributed by atoms with Crippen LogP contribution in [0, 0.1) is 13.8 Å². The Balaban J connectivity index is 2.73. The van der Waals surface area contributed by atoms with Gasteiger partial charge in [0.1, 0.15) is 0 Å². The van der Waals surface area contributed by atoms with Gasteiger partial charge in [-0.2, -0.15) is 0 Å². The molecule has 0 fully saturated rings. The first-order valence-electron chi connectivity index (χ1n) is 4.90. The lowest BCUT2D eigenvalue weighted by atomic mass is 10.1. The summed E-state index contributed by atoms with van der Waals surface area (Å²) in [5, 5.41) is 0. The lowest BCUT2D eigenvalue weighted by molar-refractivity contribution is 0.131. The van der Waals surface area contributed by atoms with Crippen LogP contribution in [0.2, 0.25) is 0 Å². The first kappa shape index (κ1) is 11.6. The van der Waals surface area contributed by atoms with Gasteiger partial charge in [-0.1, -0.05) is 18.2 Å². The number of ether oxygens (including phenoxy) is 1. The van der Waals surface area contributed by atoms with Crippen LogP contribution in [-0.2, 0) is 11.3 Å². The highest BCUT2D eigenvalue weighted by atomic mass is 16.5. The molecule has 0 heterocycles. The number of nitrogens with zero attached hydrogens (tertiary/aromatic N) is 1. The van der Waals surface area contributed by atoms with Crippen LogP contribution in [-0.4, -0.2) is 25.2 Å². The van der Waals surface area contributed by atoms with E-state index in [1.165, 1.54) is 18.2 Å². The zero-order valence-corrected chi connectivity index (χ0v) is 9.70. The lowest BCUT2D eigenvalue weighted by Crippen LogP contribution is -2.25. The van der Waals surface area contributed by atoms with E-state index < -0.39 is 0 Å². The number of hydrogen-bond donors (Lipinski definition) is 0. The second-order valence-corrected chi connectivity index (χ2v) is 3.74. The van der Waals surface area contributed by atoms with Crippen molar-refractivity contribution in [2.45, 2.75) is 20.4 Å². The SMILES string of the molecule is COC(=O)N(C)Cc1ccc(C)c(C)c1. The lowest BCUT2D eigenvalue weighted by Gasteiger charge is -2.16. The van der Waals surface area contributed by atoms with Crippen molar-refractivity contribution in [3.05, 3.63) is 34.9 Å². The average molecular weight is 207 g/mol. The molecule has 0 N–H and O–H groups in total. The van der Waals surface area contributed by atoms with Gasteiger partial charge in [0.05, 0.1) is 7.11 Å². The van der Waals surface area contributed by atoms with Gasteiger partial charge in [0.2, 0.25) is 0 Å². The predicted octanol–water partition coefficient (Wildman–Crippen LogP) is 2.50. The van der Waals surface area contributed by atoms with E-state index in [4.69, 9.17) is 0 Å². The smallest absolute Gasteiger partial charge is 0.409 e. The van der Waals surface area contributed by atoms with Gasteiger partial charge in [-0.15, -0.1) is 0 Å². The van der Waals surface area contributed by atoms with E-state index in [0.29, 0.717) is 6.54 Å². The van der Waals surface area contributed by atoms with E-state index in [1.807, 2.05) is 6.07 Å². The van der Waals surface area contributed by atoms with E-state index >= 15 is 0 Å². The number of carbonyl (C=O) groups excluding carboxylic acids is 1. The third-order valence-corrected chi connectivity index (χ3v) is 2.48. The normalized spacial score (nSPS) is 9.87. The summed E-state index contributed by atoms with van der Waals surface area (Å²) in [4.78, 5) is 12.7. The zero-order chi connectivity index (χ0) is 11.4. The van der Waals surface area contributed by atoms with Crippen molar-refractivity contribution in [2.75, 3.05) is 14.2 Å². The summed E-state index contributed by atoms with van der Waals surface area (Å²) < 4.78 is 4.63. The number of benzene rings is 1. The van der Waals surface area contributed by atoms with Crippen LogP contribution < -0.4 is 0 Å².